The van der Waals surface area contributed by atoms with Gasteiger partial charge in [-0.25, -0.2) is 0 Å². The Kier molecular flexibility index (Phi) is 3.90. The van der Waals surface area contributed by atoms with Crippen LogP contribution in [0, 0.1) is 0 Å². The Morgan fingerprint density at radius 3 is 2.30 bits per heavy atom. The number of rotatable bonds is 3. The van der Waals surface area contributed by atoms with Crippen LogP contribution in [0.5, 0.6) is 17.2 Å². The summed E-state index contributed by atoms with van der Waals surface area (Å²) in [6.07, 6.45) is 3.70. The van der Waals surface area contributed by atoms with Crippen molar-refractivity contribution in [2.75, 3.05) is 27.9 Å². The van der Waals surface area contributed by atoms with Crippen molar-refractivity contribution in [3.05, 3.63) is 41.5 Å². The number of hydrogen-bond acceptors (Lipinski definition) is 4. The molecule has 0 spiro atoms. The molecule has 0 amide bonds. The molecule has 5 rings (SSSR count). The summed E-state index contributed by atoms with van der Waals surface area (Å²) in [5.74, 6) is 2.49. The van der Waals surface area contributed by atoms with Crippen molar-refractivity contribution in [2.45, 2.75) is 31.8 Å². The van der Waals surface area contributed by atoms with Crippen molar-refractivity contribution in [3.8, 4) is 17.2 Å². The molecule has 2 aliphatic rings. The van der Waals surface area contributed by atoms with Crippen LogP contribution in [-0.4, -0.2) is 38.8 Å². The molecule has 0 N–H and O–H groups in total. The summed E-state index contributed by atoms with van der Waals surface area (Å²) >= 11 is 0. The highest BCUT2D eigenvalue weighted by atomic mass is 16.5. The van der Waals surface area contributed by atoms with Crippen LogP contribution in [0.1, 0.15) is 24.0 Å². The van der Waals surface area contributed by atoms with Crippen molar-refractivity contribution in [1.82, 2.24) is 4.90 Å². The zero-order valence-corrected chi connectivity index (χ0v) is 16.2. The van der Waals surface area contributed by atoms with Gasteiger partial charge in [-0.1, -0.05) is 6.07 Å². The van der Waals surface area contributed by atoms with Crippen LogP contribution in [0.2, 0.25) is 0 Å². The Morgan fingerprint density at radius 2 is 1.56 bits per heavy atom. The largest absolute Gasteiger partial charge is 0.497 e. The molecule has 1 saturated heterocycles. The second-order valence-electron chi connectivity index (χ2n) is 7.59. The first kappa shape index (κ1) is 16.7. The molecule has 4 heteroatoms. The van der Waals surface area contributed by atoms with E-state index in [4.69, 9.17) is 14.2 Å². The molecule has 1 fully saturated rings. The van der Waals surface area contributed by atoms with Gasteiger partial charge in [0.25, 0.3) is 0 Å². The smallest absolute Gasteiger partial charge is 0.161 e. The van der Waals surface area contributed by atoms with Crippen molar-refractivity contribution in [2.24, 2.45) is 0 Å². The Labute approximate surface area is 159 Å². The summed E-state index contributed by atoms with van der Waals surface area (Å²) < 4.78 is 16.7. The van der Waals surface area contributed by atoms with Gasteiger partial charge in [-0.2, -0.15) is 0 Å². The minimum absolute atomic E-state index is 0.664. The number of methoxy groups -OCH3 is 3. The molecular weight excluding hydrogens is 338 g/mol. The molecule has 4 nitrogen and oxygen atoms in total. The average molecular weight is 363 g/mol. The second-order valence-corrected chi connectivity index (χ2v) is 7.59. The summed E-state index contributed by atoms with van der Waals surface area (Å²) in [6.45, 7) is 2.23. The molecule has 0 saturated carbocycles. The summed E-state index contributed by atoms with van der Waals surface area (Å²) in [4.78, 5) is 2.65. The summed E-state index contributed by atoms with van der Waals surface area (Å²) in [5, 5.41) is 5.08. The fraction of sp³-hybridized carbons (Fsp3) is 0.391. The Morgan fingerprint density at radius 1 is 0.815 bits per heavy atom. The third-order valence-corrected chi connectivity index (χ3v) is 6.36. The predicted molar refractivity (Wildman–Crippen MR) is 108 cm³/mol. The number of ether oxygens (including phenoxy) is 3. The number of fused-ring (bicyclic) bond motifs is 7. The monoisotopic (exact) mass is 363 g/mol. The maximum Gasteiger partial charge on any atom is 0.161 e. The molecule has 0 radical (unpaired) electrons. The lowest BCUT2D eigenvalue weighted by Crippen LogP contribution is -2.35. The van der Waals surface area contributed by atoms with E-state index < -0.39 is 0 Å². The first-order valence-electron chi connectivity index (χ1n) is 9.64. The van der Waals surface area contributed by atoms with E-state index in [1.807, 2.05) is 6.07 Å². The van der Waals surface area contributed by atoms with E-state index in [1.165, 1.54) is 52.1 Å². The minimum Gasteiger partial charge on any atom is -0.497 e. The summed E-state index contributed by atoms with van der Waals surface area (Å²) in [7, 11) is 5.14. The number of benzene rings is 3. The number of hydrogen-bond donors (Lipinski definition) is 0. The highest BCUT2D eigenvalue weighted by Gasteiger charge is 2.32. The molecule has 2 aliphatic heterocycles. The first-order valence-corrected chi connectivity index (χ1v) is 9.64. The lowest BCUT2D eigenvalue weighted by Gasteiger charge is -2.33. The van der Waals surface area contributed by atoms with Gasteiger partial charge in [0.05, 0.1) is 21.3 Å². The average Bonchev–Trinajstić information content (AvgIpc) is 3.18. The molecule has 0 unspecified atom stereocenters. The van der Waals surface area contributed by atoms with Crippen molar-refractivity contribution < 1.29 is 14.2 Å². The second kappa shape index (κ2) is 6.31. The molecule has 27 heavy (non-hydrogen) atoms. The Bertz CT molecular complexity index is 1040. The maximum absolute atomic E-state index is 5.62. The van der Waals surface area contributed by atoms with E-state index in [0.29, 0.717) is 6.04 Å². The van der Waals surface area contributed by atoms with Crippen LogP contribution in [0.25, 0.3) is 21.5 Å². The van der Waals surface area contributed by atoms with Crippen molar-refractivity contribution in [3.63, 3.8) is 0 Å². The standard InChI is InChI=1S/C23H25NO3/c1-25-15-6-7-16-18(10-15)21-13-24-8-4-5-14(24)9-17(21)20-12-23(27-3)22(26-2)11-19(16)20/h6-7,10-12,14H,4-5,8-9,13H2,1-3H3/t14-/m0/s1. The van der Waals surface area contributed by atoms with Crippen LogP contribution in [0.4, 0.5) is 0 Å². The lowest BCUT2D eigenvalue weighted by molar-refractivity contribution is 0.229. The molecule has 3 aromatic carbocycles. The lowest BCUT2D eigenvalue weighted by atomic mass is 9.85. The van der Waals surface area contributed by atoms with Gasteiger partial charge in [0.1, 0.15) is 5.75 Å². The van der Waals surface area contributed by atoms with E-state index >= 15 is 0 Å². The van der Waals surface area contributed by atoms with Crippen LogP contribution >= 0.6 is 0 Å². The van der Waals surface area contributed by atoms with Crippen LogP contribution in [0.15, 0.2) is 30.3 Å². The highest BCUT2D eigenvalue weighted by molar-refractivity contribution is 6.12. The van der Waals surface area contributed by atoms with E-state index in [2.05, 4.69) is 29.2 Å². The summed E-state index contributed by atoms with van der Waals surface area (Å²) in [6, 6.07) is 11.4. The van der Waals surface area contributed by atoms with Crippen LogP contribution in [-0.2, 0) is 13.0 Å². The van der Waals surface area contributed by atoms with Gasteiger partial charge < -0.3 is 14.2 Å². The third kappa shape index (κ3) is 2.47. The molecule has 1 atom stereocenters. The van der Waals surface area contributed by atoms with Crippen molar-refractivity contribution in [1.29, 1.82) is 0 Å². The quantitative estimate of drug-likeness (QED) is 0.639. The zero-order chi connectivity index (χ0) is 18.5. The van der Waals surface area contributed by atoms with Crippen LogP contribution < -0.4 is 14.2 Å². The minimum atomic E-state index is 0.664. The Hall–Kier alpha value is -2.46. The summed E-state index contributed by atoms with van der Waals surface area (Å²) in [5.41, 5.74) is 2.91. The van der Waals surface area contributed by atoms with Gasteiger partial charge in [0.2, 0.25) is 0 Å². The van der Waals surface area contributed by atoms with Gasteiger partial charge in [0, 0.05) is 12.6 Å². The SMILES string of the molecule is COc1ccc2c(c1)c1c(c3cc(OC)c(OC)cc32)C[C@@H]2CCCN2C1. The van der Waals surface area contributed by atoms with Crippen LogP contribution in [0.3, 0.4) is 0 Å². The van der Waals surface area contributed by atoms with E-state index in [1.54, 1.807) is 21.3 Å². The topological polar surface area (TPSA) is 30.9 Å². The zero-order valence-electron chi connectivity index (χ0n) is 16.2. The molecule has 0 aromatic heterocycles. The molecule has 0 bridgehead atoms. The van der Waals surface area contributed by atoms with Gasteiger partial charge in [-0.15, -0.1) is 0 Å². The molecule has 3 aromatic rings. The van der Waals surface area contributed by atoms with Crippen molar-refractivity contribution >= 4 is 21.5 Å². The third-order valence-electron chi connectivity index (χ3n) is 6.36. The first-order chi connectivity index (χ1) is 13.2. The normalized spacial score (nSPS) is 19.1. The molecular formula is C23H25NO3. The van der Waals surface area contributed by atoms with Gasteiger partial charge in [-0.05, 0) is 82.7 Å². The van der Waals surface area contributed by atoms with E-state index in [-0.39, 0.29) is 0 Å². The predicted octanol–water partition coefficient (Wildman–Crippen LogP) is 4.54. The molecule has 140 valence electrons. The Balaban J connectivity index is 1.88. The van der Waals surface area contributed by atoms with Gasteiger partial charge >= 0.3 is 0 Å². The number of nitrogens with zero attached hydrogens (tertiary/aromatic N) is 1. The van der Waals surface area contributed by atoms with E-state index in [9.17, 15) is 0 Å². The van der Waals surface area contributed by atoms with Gasteiger partial charge in [-0.3, -0.25) is 4.90 Å². The highest BCUT2D eigenvalue weighted by Crippen LogP contribution is 2.44. The fourth-order valence-corrected chi connectivity index (χ4v) is 5.00. The fourth-order valence-electron chi connectivity index (χ4n) is 5.00. The molecule has 2 heterocycles. The van der Waals surface area contributed by atoms with E-state index in [0.717, 1.165) is 30.2 Å². The molecule has 0 aliphatic carbocycles. The maximum atomic E-state index is 5.62. The van der Waals surface area contributed by atoms with Gasteiger partial charge in [0.15, 0.2) is 11.5 Å².